The van der Waals surface area contributed by atoms with Crippen LogP contribution in [0.15, 0.2) is 0 Å². The van der Waals surface area contributed by atoms with Crippen LogP contribution < -0.4 is 5.32 Å². The molecule has 4 heteroatoms. The molecule has 1 aliphatic heterocycles. The van der Waals surface area contributed by atoms with Gasteiger partial charge in [-0.15, -0.1) is 0 Å². The van der Waals surface area contributed by atoms with Gasteiger partial charge in [0.15, 0.2) is 0 Å². The molecular formula is C19H36N2O2. The fourth-order valence-electron chi connectivity index (χ4n) is 3.73. The van der Waals surface area contributed by atoms with E-state index in [4.69, 9.17) is 4.74 Å². The summed E-state index contributed by atoms with van der Waals surface area (Å²) in [5, 5.41) is 3.75. The van der Waals surface area contributed by atoms with Crippen molar-refractivity contribution in [2.75, 3.05) is 6.54 Å². The number of nitrogens with zero attached hydrogens (tertiary/aromatic N) is 1. The molecule has 1 aliphatic carbocycles. The van der Waals surface area contributed by atoms with E-state index < -0.39 is 5.60 Å². The minimum Gasteiger partial charge on any atom is -0.444 e. The molecule has 4 atom stereocenters. The van der Waals surface area contributed by atoms with Crippen LogP contribution in [-0.2, 0) is 4.74 Å². The lowest BCUT2D eigenvalue weighted by atomic mass is 10.0. The summed E-state index contributed by atoms with van der Waals surface area (Å²) in [6, 6.07) is 1.48. The highest BCUT2D eigenvalue weighted by Gasteiger charge is 2.37. The van der Waals surface area contributed by atoms with Gasteiger partial charge >= 0.3 is 6.09 Å². The van der Waals surface area contributed by atoms with Crippen LogP contribution in [0.4, 0.5) is 4.79 Å². The van der Waals surface area contributed by atoms with Crippen molar-refractivity contribution >= 4 is 6.09 Å². The van der Waals surface area contributed by atoms with Crippen LogP contribution in [-0.4, -0.2) is 41.3 Å². The minimum absolute atomic E-state index is 0.130. The number of amides is 1. The number of nitrogens with one attached hydrogen (secondary N) is 1. The minimum atomic E-state index is -0.417. The van der Waals surface area contributed by atoms with Crippen LogP contribution in [0.2, 0.25) is 0 Å². The summed E-state index contributed by atoms with van der Waals surface area (Å²) in [7, 11) is 0. The first kappa shape index (κ1) is 18.6. The third kappa shape index (κ3) is 5.98. The summed E-state index contributed by atoms with van der Waals surface area (Å²) < 4.78 is 5.64. The van der Waals surface area contributed by atoms with Crippen molar-refractivity contribution < 1.29 is 9.53 Å². The number of carbonyl (C=O) groups excluding carboxylic acids is 1. The van der Waals surface area contributed by atoms with Gasteiger partial charge in [0.2, 0.25) is 0 Å². The summed E-state index contributed by atoms with van der Waals surface area (Å²) in [6.45, 7) is 11.2. The molecule has 4 nitrogen and oxygen atoms in total. The number of rotatable bonds is 5. The van der Waals surface area contributed by atoms with E-state index >= 15 is 0 Å². The number of hydrogen-bond donors (Lipinski definition) is 1. The zero-order valence-corrected chi connectivity index (χ0v) is 15.7. The van der Waals surface area contributed by atoms with Crippen LogP contribution in [0.1, 0.15) is 79.6 Å². The van der Waals surface area contributed by atoms with E-state index in [2.05, 4.69) is 19.2 Å². The molecule has 0 aromatic rings. The second-order valence-corrected chi connectivity index (χ2v) is 8.49. The highest BCUT2D eigenvalue weighted by atomic mass is 16.6. The highest BCUT2D eigenvalue weighted by Crippen LogP contribution is 2.34. The molecule has 4 unspecified atom stereocenters. The average molecular weight is 325 g/mol. The van der Waals surface area contributed by atoms with Crippen molar-refractivity contribution in [1.29, 1.82) is 0 Å². The van der Waals surface area contributed by atoms with E-state index in [9.17, 15) is 4.79 Å². The van der Waals surface area contributed by atoms with Crippen LogP contribution >= 0.6 is 0 Å². The van der Waals surface area contributed by atoms with Crippen LogP contribution in [0, 0.1) is 5.92 Å². The number of hydrogen-bond acceptors (Lipinski definition) is 3. The maximum atomic E-state index is 12.6. The predicted molar refractivity (Wildman–Crippen MR) is 94.6 cm³/mol. The van der Waals surface area contributed by atoms with Gasteiger partial charge in [0, 0.05) is 24.7 Å². The van der Waals surface area contributed by atoms with E-state index in [-0.39, 0.29) is 6.09 Å². The predicted octanol–water partition coefficient (Wildman–Crippen LogP) is 4.33. The molecule has 0 aromatic heterocycles. The Morgan fingerprint density at radius 2 is 2.04 bits per heavy atom. The average Bonchev–Trinajstić information content (AvgIpc) is 3.20. The molecule has 2 rings (SSSR count). The van der Waals surface area contributed by atoms with Gasteiger partial charge in [-0.05, 0) is 59.3 Å². The molecule has 1 heterocycles. The van der Waals surface area contributed by atoms with Gasteiger partial charge < -0.3 is 15.0 Å². The lowest BCUT2D eigenvalue weighted by Gasteiger charge is -2.34. The first-order chi connectivity index (χ1) is 10.8. The number of likely N-dealkylation sites (tertiary alicyclic amines) is 1. The summed E-state index contributed by atoms with van der Waals surface area (Å²) >= 11 is 0. The standard InChI is InChI=1S/C19H36N2O2/c1-6-15-13-17(15)20-14(2)12-16-10-8-7-9-11-21(16)18(22)23-19(3,4)5/h14-17,20H,6-13H2,1-5H3. The van der Waals surface area contributed by atoms with Gasteiger partial charge in [0.25, 0.3) is 0 Å². The monoisotopic (exact) mass is 324 g/mol. The van der Waals surface area contributed by atoms with Crippen molar-refractivity contribution in [2.24, 2.45) is 5.92 Å². The maximum Gasteiger partial charge on any atom is 0.410 e. The normalized spacial score (nSPS) is 29.8. The first-order valence-corrected chi connectivity index (χ1v) is 9.56. The molecule has 0 aromatic carbocycles. The van der Waals surface area contributed by atoms with E-state index in [1.165, 1.54) is 25.7 Å². The second-order valence-electron chi connectivity index (χ2n) is 8.49. The van der Waals surface area contributed by atoms with Crippen molar-refractivity contribution in [1.82, 2.24) is 10.2 Å². The Hall–Kier alpha value is -0.770. The van der Waals surface area contributed by atoms with Gasteiger partial charge in [-0.3, -0.25) is 0 Å². The van der Waals surface area contributed by atoms with Crippen LogP contribution in [0.5, 0.6) is 0 Å². The molecule has 1 saturated heterocycles. The number of carbonyl (C=O) groups is 1. The van der Waals surface area contributed by atoms with Crippen molar-refractivity contribution in [2.45, 2.75) is 103 Å². The molecule has 1 saturated carbocycles. The summed E-state index contributed by atoms with van der Waals surface area (Å²) in [6.07, 6.45) is 8.14. The van der Waals surface area contributed by atoms with E-state index in [1.807, 2.05) is 25.7 Å². The summed E-state index contributed by atoms with van der Waals surface area (Å²) in [4.78, 5) is 14.6. The third-order valence-corrected chi connectivity index (χ3v) is 5.08. The molecule has 23 heavy (non-hydrogen) atoms. The first-order valence-electron chi connectivity index (χ1n) is 9.56. The Morgan fingerprint density at radius 1 is 1.30 bits per heavy atom. The molecule has 1 amide bonds. The summed E-state index contributed by atoms with van der Waals surface area (Å²) in [5.74, 6) is 0.869. The van der Waals surface area contributed by atoms with Gasteiger partial charge in [0.05, 0.1) is 0 Å². The largest absolute Gasteiger partial charge is 0.444 e. The Balaban J connectivity index is 1.90. The molecule has 0 bridgehead atoms. The van der Waals surface area contributed by atoms with Crippen molar-refractivity contribution in [3.8, 4) is 0 Å². The second kappa shape index (κ2) is 7.87. The number of ether oxygens (including phenoxy) is 1. The SMILES string of the molecule is CCC1CC1NC(C)CC1CCCCCN1C(=O)OC(C)(C)C. The van der Waals surface area contributed by atoms with Gasteiger partial charge in [-0.25, -0.2) is 4.79 Å². The third-order valence-electron chi connectivity index (χ3n) is 5.08. The zero-order valence-electron chi connectivity index (χ0n) is 15.7. The molecule has 134 valence electrons. The van der Waals surface area contributed by atoms with E-state index in [0.29, 0.717) is 18.1 Å². The molecule has 1 N–H and O–H groups in total. The van der Waals surface area contributed by atoms with Gasteiger partial charge in [-0.1, -0.05) is 26.2 Å². The fraction of sp³-hybridized carbons (Fsp3) is 0.947. The lowest BCUT2D eigenvalue weighted by molar-refractivity contribution is 0.0150. The van der Waals surface area contributed by atoms with E-state index in [0.717, 1.165) is 31.7 Å². The fourth-order valence-corrected chi connectivity index (χ4v) is 3.73. The van der Waals surface area contributed by atoms with Crippen LogP contribution in [0.25, 0.3) is 0 Å². The lowest BCUT2D eigenvalue weighted by Crippen LogP contribution is -2.46. The summed E-state index contributed by atoms with van der Waals surface area (Å²) in [5.41, 5.74) is -0.417. The maximum absolute atomic E-state index is 12.6. The van der Waals surface area contributed by atoms with E-state index in [1.54, 1.807) is 0 Å². The highest BCUT2D eigenvalue weighted by molar-refractivity contribution is 5.68. The van der Waals surface area contributed by atoms with Gasteiger partial charge in [0.1, 0.15) is 5.60 Å². The zero-order chi connectivity index (χ0) is 17.0. The van der Waals surface area contributed by atoms with Crippen LogP contribution in [0.3, 0.4) is 0 Å². The molecule has 2 aliphatic rings. The molecule has 2 fully saturated rings. The Labute approximate surface area is 142 Å². The molecular weight excluding hydrogens is 288 g/mol. The molecule has 0 radical (unpaired) electrons. The van der Waals surface area contributed by atoms with Gasteiger partial charge in [-0.2, -0.15) is 0 Å². The van der Waals surface area contributed by atoms with Crippen molar-refractivity contribution in [3.05, 3.63) is 0 Å². The topological polar surface area (TPSA) is 41.6 Å². The Kier molecular flexibility index (Phi) is 6.35. The quantitative estimate of drug-likeness (QED) is 0.818. The molecule has 0 spiro atoms. The smallest absolute Gasteiger partial charge is 0.410 e. The Bertz CT molecular complexity index is 391. The van der Waals surface area contributed by atoms with Crippen molar-refractivity contribution in [3.63, 3.8) is 0 Å². The Morgan fingerprint density at radius 3 is 2.65 bits per heavy atom.